The Balaban J connectivity index is 4.76. The summed E-state index contributed by atoms with van der Waals surface area (Å²) in [6, 6.07) is 0.270. The van der Waals surface area contributed by atoms with Crippen LogP contribution in [0.15, 0.2) is 12.1 Å². The molecule has 0 fully saturated rings. The Morgan fingerprint density at radius 2 is 2.23 bits per heavy atom. The number of hydrogen-bond acceptors (Lipinski definition) is 1. The van der Waals surface area contributed by atoms with Crippen LogP contribution >= 0.6 is 0 Å². The topological polar surface area (TPSA) is 20.2 Å². The van der Waals surface area contributed by atoms with Gasteiger partial charge in [-0.3, -0.25) is 0 Å². The van der Waals surface area contributed by atoms with E-state index in [4.69, 9.17) is 4.11 Å². The second-order valence-corrected chi connectivity index (χ2v) is 4.12. The van der Waals surface area contributed by atoms with E-state index in [1.54, 1.807) is 0 Å². The van der Waals surface area contributed by atoms with Crippen molar-refractivity contribution in [1.29, 1.82) is 0 Å². The lowest BCUT2D eigenvalue weighted by Crippen LogP contribution is -2.07. The van der Waals surface area contributed by atoms with Gasteiger partial charge in [0.05, 0.1) is 7.47 Å². The van der Waals surface area contributed by atoms with Gasteiger partial charge in [0.25, 0.3) is 0 Å². The van der Waals surface area contributed by atoms with Gasteiger partial charge in [-0.2, -0.15) is 0 Å². The normalized spacial score (nSPS) is 20.4. The highest BCUT2D eigenvalue weighted by Crippen LogP contribution is 2.24. The van der Waals surface area contributed by atoms with Gasteiger partial charge < -0.3 is 5.11 Å². The highest BCUT2D eigenvalue weighted by atomic mass is 16.3. The summed E-state index contributed by atoms with van der Waals surface area (Å²) in [4.78, 5) is 0. The van der Waals surface area contributed by atoms with Gasteiger partial charge >= 0.3 is 0 Å². The molecule has 1 nitrogen and oxygen atoms in total. The molecule has 13 heavy (non-hydrogen) atoms. The van der Waals surface area contributed by atoms with Crippen molar-refractivity contribution in [3.8, 4) is 0 Å². The molecule has 0 saturated heterocycles. The minimum Gasteiger partial charge on any atom is -0.393 e. The zero-order valence-corrected chi connectivity index (χ0v) is 9.22. The van der Waals surface area contributed by atoms with Crippen LogP contribution in [0.5, 0.6) is 0 Å². The molecule has 0 amide bonds. The van der Waals surface area contributed by atoms with Crippen molar-refractivity contribution in [3.05, 3.63) is 12.1 Å². The molecule has 0 aliphatic rings. The summed E-state index contributed by atoms with van der Waals surface area (Å²) < 4.78 is 23.1. The molecule has 1 heteroatoms. The Morgan fingerprint density at radius 1 is 1.62 bits per heavy atom. The molecular weight excluding hydrogens is 160 g/mol. The lowest BCUT2D eigenvalue weighted by molar-refractivity contribution is 0.198. The van der Waals surface area contributed by atoms with E-state index in [0.717, 1.165) is 19.3 Å². The molecule has 1 unspecified atom stereocenters. The van der Waals surface area contributed by atoms with Crippen LogP contribution in [0.4, 0.5) is 0 Å². The van der Waals surface area contributed by atoms with Crippen LogP contribution in [0.2, 0.25) is 0 Å². The minimum atomic E-state index is -1.82. The fourth-order valence-electron chi connectivity index (χ4n) is 1.05. The van der Waals surface area contributed by atoms with Crippen molar-refractivity contribution in [1.82, 2.24) is 0 Å². The Bertz CT molecular complexity index is 245. The molecule has 1 atom stereocenters. The lowest BCUT2D eigenvalue weighted by atomic mass is 9.86. The molecule has 0 aromatic rings. The van der Waals surface area contributed by atoms with Crippen LogP contribution < -0.4 is 0 Å². The molecule has 0 rings (SSSR count). The van der Waals surface area contributed by atoms with Crippen molar-refractivity contribution in [2.45, 2.75) is 59.4 Å². The molecule has 78 valence electrons. The van der Waals surface area contributed by atoms with E-state index in [1.807, 2.05) is 13.8 Å². The second kappa shape index (κ2) is 6.20. The number of aliphatic hydroxyl groups is 1. The van der Waals surface area contributed by atoms with Crippen LogP contribution in [0.25, 0.3) is 0 Å². The lowest BCUT2D eigenvalue weighted by Gasteiger charge is -2.19. The van der Waals surface area contributed by atoms with Gasteiger partial charge in [-0.1, -0.05) is 45.7 Å². The molecule has 0 saturated carbocycles. The SMILES string of the molecule is [2H]/C(=C\C([2H])([2H])C(C)O)C(C)(C)CCCC. The number of rotatable bonds is 6. The van der Waals surface area contributed by atoms with E-state index in [0.29, 0.717) is 0 Å². The third-order valence-corrected chi connectivity index (χ3v) is 1.94. The largest absolute Gasteiger partial charge is 0.393 e. The third-order valence-electron chi connectivity index (χ3n) is 1.94. The van der Waals surface area contributed by atoms with Gasteiger partial charge in [0.15, 0.2) is 0 Å². The van der Waals surface area contributed by atoms with Gasteiger partial charge in [0.1, 0.15) is 0 Å². The van der Waals surface area contributed by atoms with E-state index in [1.165, 1.54) is 13.0 Å². The van der Waals surface area contributed by atoms with Crippen LogP contribution in [0.3, 0.4) is 0 Å². The van der Waals surface area contributed by atoms with E-state index in [9.17, 15) is 5.11 Å². The number of hydrogen-bond donors (Lipinski definition) is 1. The number of allylic oxidation sites excluding steroid dienone is 1. The number of aliphatic hydroxyl groups excluding tert-OH is 1. The molecular formula is C12H24O. The van der Waals surface area contributed by atoms with Gasteiger partial charge in [-0.15, -0.1) is 0 Å². The first-order valence-electron chi connectivity index (χ1n) is 6.51. The quantitative estimate of drug-likeness (QED) is 0.631. The third kappa shape index (κ3) is 8.04. The van der Waals surface area contributed by atoms with E-state index in [-0.39, 0.29) is 11.5 Å². The Hall–Kier alpha value is -0.300. The maximum absolute atomic E-state index is 9.27. The molecule has 0 radical (unpaired) electrons. The molecule has 0 aromatic heterocycles. The standard InChI is InChI=1S/C12H24O/c1-5-6-9-12(3,4)10-7-8-11(2)13/h7,10-11,13H,5-6,8-9H2,1-4H3/b10-7+/i8D2,10D. The van der Waals surface area contributed by atoms with Crippen LogP contribution in [-0.4, -0.2) is 11.2 Å². The predicted octanol–water partition coefficient (Wildman–Crippen LogP) is 3.53. The van der Waals surface area contributed by atoms with Crippen LogP contribution in [0.1, 0.15) is 57.4 Å². The van der Waals surface area contributed by atoms with Crippen molar-refractivity contribution in [2.75, 3.05) is 0 Å². The average Bonchev–Trinajstić information content (AvgIpc) is 2.13. The Morgan fingerprint density at radius 3 is 2.69 bits per heavy atom. The molecule has 0 spiro atoms. The molecule has 0 bridgehead atoms. The first-order valence-corrected chi connectivity index (χ1v) is 5.01. The first kappa shape index (κ1) is 8.05. The molecule has 1 N–H and O–H groups in total. The summed E-state index contributed by atoms with van der Waals surface area (Å²) >= 11 is 0. The van der Waals surface area contributed by atoms with Crippen molar-refractivity contribution < 1.29 is 9.22 Å². The van der Waals surface area contributed by atoms with Gasteiger partial charge in [0.2, 0.25) is 0 Å². The highest BCUT2D eigenvalue weighted by molar-refractivity contribution is 4.95. The zero-order chi connectivity index (χ0) is 13.0. The maximum atomic E-state index is 9.27. The fraction of sp³-hybridized carbons (Fsp3) is 0.833. The molecule has 0 aliphatic carbocycles. The van der Waals surface area contributed by atoms with E-state index >= 15 is 0 Å². The average molecular weight is 187 g/mol. The van der Waals surface area contributed by atoms with E-state index in [2.05, 4.69) is 6.92 Å². The van der Waals surface area contributed by atoms with Crippen LogP contribution in [0, 0.1) is 5.41 Å². The summed E-state index contributed by atoms with van der Waals surface area (Å²) in [5, 5.41) is 9.27. The molecule has 0 aliphatic heterocycles. The summed E-state index contributed by atoms with van der Waals surface area (Å²) in [7, 11) is 0. The maximum Gasteiger partial charge on any atom is 0.0578 e. The second-order valence-electron chi connectivity index (χ2n) is 4.12. The summed E-state index contributed by atoms with van der Waals surface area (Å²) in [5.41, 5.74) is -0.321. The zero-order valence-electron chi connectivity index (χ0n) is 12.2. The highest BCUT2D eigenvalue weighted by Gasteiger charge is 2.11. The van der Waals surface area contributed by atoms with Gasteiger partial charge in [-0.05, 0) is 25.1 Å². The van der Waals surface area contributed by atoms with Crippen LogP contribution in [-0.2, 0) is 0 Å². The molecule has 0 heterocycles. The molecule has 0 aromatic carbocycles. The van der Waals surface area contributed by atoms with Crippen molar-refractivity contribution in [3.63, 3.8) is 0 Å². The first-order chi connectivity index (χ1) is 7.13. The minimum absolute atomic E-state index is 0.270. The fourth-order valence-corrected chi connectivity index (χ4v) is 1.05. The van der Waals surface area contributed by atoms with Crippen molar-refractivity contribution in [2.24, 2.45) is 5.41 Å². The van der Waals surface area contributed by atoms with Gasteiger partial charge in [-0.25, -0.2) is 0 Å². The summed E-state index contributed by atoms with van der Waals surface area (Å²) in [6.45, 7) is 7.39. The Kier molecular flexibility index (Phi) is 3.84. The van der Waals surface area contributed by atoms with Gasteiger partial charge in [0, 0.05) is 2.74 Å². The van der Waals surface area contributed by atoms with E-state index < -0.39 is 12.5 Å². The predicted molar refractivity (Wildman–Crippen MR) is 58.7 cm³/mol. The van der Waals surface area contributed by atoms with Crippen molar-refractivity contribution >= 4 is 0 Å². The monoisotopic (exact) mass is 187 g/mol. The number of unbranched alkanes of at least 4 members (excludes halogenated alkanes) is 1. The summed E-state index contributed by atoms with van der Waals surface area (Å²) in [6.07, 6.45) is 1.30. The Labute approximate surface area is 87.1 Å². The summed E-state index contributed by atoms with van der Waals surface area (Å²) in [5.74, 6) is 0. The smallest absolute Gasteiger partial charge is 0.0578 e.